The summed E-state index contributed by atoms with van der Waals surface area (Å²) < 4.78 is 25.2. The van der Waals surface area contributed by atoms with Crippen molar-refractivity contribution in [2.45, 2.75) is 4.90 Å². The second-order valence-corrected chi connectivity index (χ2v) is 6.33. The molecule has 4 aromatic rings. The molecule has 3 heterocycles. The number of nitrogens with zero attached hydrogens (tertiary/aromatic N) is 3. The monoisotopic (exact) mass is 389 g/mol. The number of rotatable bonds is 4. The van der Waals surface area contributed by atoms with Crippen molar-refractivity contribution in [2.24, 2.45) is 0 Å². The first-order valence-electron chi connectivity index (χ1n) is 8.20. The zero-order valence-electron chi connectivity index (χ0n) is 14.3. The highest BCUT2D eigenvalue weighted by Crippen LogP contribution is 2.37. The molecule has 0 spiro atoms. The van der Waals surface area contributed by atoms with Crippen LogP contribution >= 0.6 is 12.6 Å². The van der Waals surface area contributed by atoms with E-state index in [0.29, 0.717) is 33.2 Å². The highest BCUT2D eigenvalue weighted by atomic mass is 32.1. The molecule has 0 aliphatic carbocycles. The normalized spacial score (nSPS) is 10.5. The van der Waals surface area contributed by atoms with E-state index < -0.39 is 5.95 Å². The number of benzene rings is 1. The number of pyridine rings is 2. The molecule has 0 unspecified atom stereocenters. The fourth-order valence-corrected chi connectivity index (χ4v) is 2.91. The Morgan fingerprint density at radius 3 is 2.71 bits per heavy atom. The molecule has 0 aliphatic rings. The van der Waals surface area contributed by atoms with Crippen LogP contribution in [-0.2, 0) is 0 Å². The Morgan fingerprint density at radius 2 is 1.96 bits per heavy atom. The van der Waals surface area contributed by atoms with Gasteiger partial charge in [-0.1, -0.05) is 0 Å². The molecular formula is C21H12FN3O2S. The Kier molecular flexibility index (Phi) is 4.79. The van der Waals surface area contributed by atoms with Crippen molar-refractivity contribution in [3.05, 3.63) is 78.9 Å². The van der Waals surface area contributed by atoms with E-state index in [1.807, 2.05) is 0 Å². The fourth-order valence-electron chi connectivity index (χ4n) is 2.70. The third-order valence-corrected chi connectivity index (χ3v) is 4.32. The molecule has 0 N–H and O–H groups in total. The maximum atomic E-state index is 14.1. The number of nitriles is 1. The van der Waals surface area contributed by atoms with Crippen LogP contribution < -0.4 is 4.74 Å². The van der Waals surface area contributed by atoms with E-state index >= 15 is 0 Å². The molecule has 136 valence electrons. The molecule has 5 nitrogen and oxygen atoms in total. The standard InChI is InChI=1S/C21H12FN3O2S/c22-21-16(2-1-6-24-21)18-9-17(13-5-7-26-12-13)20(11-25-18)27-19-4-3-15(28)8-14(19)10-23/h1-9,11-12,28H. The largest absolute Gasteiger partial charge is 0.472 e. The average Bonchev–Trinajstić information content (AvgIpc) is 3.24. The highest BCUT2D eigenvalue weighted by Gasteiger charge is 2.16. The molecule has 0 saturated carbocycles. The van der Waals surface area contributed by atoms with Crippen LogP contribution in [0.15, 0.2) is 76.7 Å². The van der Waals surface area contributed by atoms with Crippen molar-refractivity contribution >= 4 is 12.6 Å². The van der Waals surface area contributed by atoms with Gasteiger partial charge in [-0.2, -0.15) is 9.65 Å². The van der Waals surface area contributed by atoms with Gasteiger partial charge >= 0.3 is 0 Å². The minimum absolute atomic E-state index is 0.274. The summed E-state index contributed by atoms with van der Waals surface area (Å²) in [4.78, 5) is 8.64. The van der Waals surface area contributed by atoms with E-state index in [1.54, 1.807) is 48.7 Å². The van der Waals surface area contributed by atoms with Crippen molar-refractivity contribution in [1.82, 2.24) is 9.97 Å². The Hall–Kier alpha value is -3.63. The van der Waals surface area contributed by atoms with Gasteiger partial charge in [-0.25, -0.2) is 4.98 Å². The van der Waals surface area contributed by atoms with Crippen molar-refractivity contribution in [1.29, 1.82) is 5.26 Å². The Morgan fingerprint density at radius 1 is 1.07 bits per heavy atom. The van der Waals surface area contributed by atoms with Gasteiger partial charge in [0.15, 0.2) is 5.75 Å². The summed E-state index contributed by atoms with van der Waals surface area (Å²) in [5.74, 6) is 0.156. The summed E-state index contributed by atoms with van der Waals surface area (Å²) in [7, 11) is 0. The van der Waals surface area contributed by atoms with E-state index in [-0.39, 0.29) is 5.56 Å². The van der Waals surface area contributed by atoms with Crippen molar-refractivity contribution in [2.75, 3.05) is 0 Å². The lowest BCUT2D eigenvalue weighted by atomic mass is 10.1. The summed E-state index contributed by atoms with van der Waals surface area (Å²) >= 11 is 4.24. The molecule has 1 aromatic carbocycles. The molecule has 0 saturated heterocycles. The van der Waals surface area contributed by atoms with E-state index in [4.69, 9.17) is 9.15 Å². The smallest absolute Gasteiger partial charge is 0.222 e. The minimum atomic E-state index is -0.613. The van der Waals surface area contributed by atoms with Crippen LogP contribution in [-0.4, -0.2) is 9.97 Å². The second kappa shape index (κ2) is 7.55. The Labute approximate surface area is 165 Å². The molecule has 3 aromatic heterocycles. The van der Waals surface area contributed by atoms with Gasteiger partial charge in [0.25, 0.3) is 0 Å². The van der Waals surface area contributed by atoms with Crippen molar-refractivity contribution in [3.63, 3.8) is 0 Å². The maximum absolute atomic E-state index is 14.1. The number of aromatic nitrogens is 2. The van der Waals surface area contributed by atoms with Crippen molar-refractivity contribution < 1.29 is 13.5 Å². The molecule has 0 atom stereocenters. The second-order valence-electron chi connectivity index (χ2n) is 5.81. The van der Waals surface area contributed by atoms with Gasteiger partial charge in [0, 0.05) is 22.2 Å². The number of halogens is 1. The van der Waals surface area contributed by atoms with Gasteiger partial charge in [0.2, 0.25) is 5.95 Å². The molecule has 0 radical (unpaired) electrons. The third-order valence-electron chi connectivity index (χ3n) is 4.04. The molecule has 0 fully saturated rings. The molecular weight excluding hydrogens is 377 g/mol. The van der Waals surface area contributed by atoms with E-state index in [0.717, 1.165) is 5.56 Å². The lowest BCUT2D eigenvalue weighted by Crippen LogP contribution is -1.95. The number of hydrogen-bond acceptors (Lipinski definition) is 6. The first-order valence-corrected chi connectivity index (χ1v) is 8.65. The lowest BCUT2D eigenvalue weighted by Gasteiger charge is -2.13. The predicted octanol–water partition coefficient (Wildman–Crippen LogP) is 5.50. The number of ether oxygens (including phenoxy) is 1. The van der Waals surface area contributed by atoms with E-state index in [9.17, 15) is 9.65 Å². The maximum Gasteiger partial charge on any atom is 0.222 e. The third kappa shape index (κ3) is 3.46. The number of hydrogen-bond donors (Lipinski definition) is 1. The van der Waals surface area contributed by atoms with E-state index in [1.165, 1.54) is 18.7 Å². The highest BCUT2D eigenvalue weighted by molar-refractivity contribution is 7.80. The summed E-state index contributed by atoms with van der Waals surface area (Å²) in [5.41, 5.74) is 2.39. The molecule has 7 heteroatoms. The fraction of sp³-hybridized carbons (Fsp3) is 0. The predicted molar refractivity (Wildman–Crippen MR) is 104 cm³/mol. The van der Waals surface area contributed by atoms with Crippen LogP contribution in [0, 0.1) is 17.3 Å². The zero-order chi connectivity index (χ0) is 19.5. The number of thiol groups is 1. The lowest BCUT2D eigenvalue weighted by molar-refractivity contribution is 0.480. The Bertz CT molecular complexity index is 1190. The van der Waals surface area contributed by atoms with Gasteiger partial charge in [-0.3, -0.25) is 4.98 Å². The summed E-state index contributed by atoms with van der Waals surface area (Å²) in [5, 5.41) is 9.35. The van der Waals surface area contributed by atoms with Crippen LogP contribution in [0.2, 0.25) is 0 Å². The molecule has 0 aliphatic heterocycles. The summed E-state index contributed by atoms with van der Waals surface area (Å²) in [6.07, 6.45) is 5.94. The van der Waals surface area contributed by atoms with Crippen LogP contribution in [0.4, 0.5) is 4.39 Å². The van der Waals surface area contributed by atoms with Gasteiger partial charge < -0.3 is 9.15 Å². The molecule has 0 bridgehead atoms. The topological polar surface area (TPSA) is 71.9 Å². The molecule has 0 amide bonds. The van der Waals surface area contributed by atoms with Gasteiger partial charge in [0.1, 0.15) is 11.8 Å². The van der Waals surface area contributed by atoms with Gasteiger partial charge in [0.05, 0.1) is 35.5 Å². The van der Waals surface area contributed by atoms with Crippen molar-refractivity contribution in [3.8, 4) is 40.0 Å². The van der Waals surface area contributed by atoms with Crippen LogP contribution in [0.5, 0.6) is 11.5 Å². The zero-order valence-corrected chi connectivity index (χ0v) is 15.2. The van der Waals surface area contributed by atoms with Gasteiger partial charge in [-0.15, -0.1) is 12.6 Å². The minimum Gasteiger partial charge on any atom is -0.472 e. The average molecular weight is 389 g/mol. The summed E-state index contributed by atoms with van der Waals surface area (Å²) in [6.45, 7) is 0. The van der Waals surface area contributed by atoms with Crippen LogP contribution in [0.3, 0.4) is 0 Å². The van der Waals surface area contributed by atoms with E-state index in [2.05, 4.69) is 28.7 Å². The molecule has 28 heavy (non-hydrogen) atoms. The SMILES string of the molecule is N#Cc1cc(S)ccc1Oc1cnc(-c2cccnc2F)cc1-c1ccoc1. The first-order chi connectivity index (χ1) is 13.7. The van der Waals surface area contributed by atoms with Crippen LogP contribution in [0.1, 0.15) is 5.56 Å². The number of furan rings is 1. The Balaban J connectivity index is 1.82. The van der Waals surface area contributed by atoms with Crippen LogP contribution in [0.25, 0.3) is 22.4 Å². The first kappa shape index (κ1) is 17.8. The van der Waals surface area contributed by atoms with Gasteiger partial charge in [-0.05, 0) is 42.5 Å². The summed E-state index contributed by atoms with van der Waals surface area (Å²) in [6, 6.07) is 13.8. The molecule has 4 rings (SSSR count). The quantitative estimate of drug-likeness (QED) is 0.369.